The molecule has 0 aliphatic rings. The van der Waals surface area contributed by atoms with Crippen molar-refractivity contribution >= 4 is 5.91 Å². The van der Waals surface area contributed by atoms with Gasteiger partial charge in [-0.05, 0) is 40.7 Å². The fraction of sp³-hybridized carbons (Fsp3) is 0.409. The molecular formula is C22H29NO3. The highest BCUT2D eigenvalue weighted by atomic mass is 16.5. The fourth-order valence-electron chi connectivity index (χ4n) is 2.76. The van der Waals surface area contributed by atoms with Crippen LogP contribution in [-0.4, -0.2) is 26.7 Å². The summed E-state index contributed by atoms with van der Waals surface area (Å²) < 4.78 is 10.5. The number of methoxy groups -OCH3 is 2. The van der Waals surface area contributed by atoms with Crippen molar-refractivity contribution in [3.63, 3.8) is 0 Å². The molecule has 0 saturated heterocycles. The van der Waals surface area contributed by atoms with Crippen molar-refractivity contribution in [2.45, 2.75) is 39.0 Å². The fourth-order valence-corrected chi connectivity index (χ4v) is 2.76. The lowest BCUT2D eigenvalue weighted by Gasteiger charge is -2.19. The smallest absolute Gasteiger partial charge is 0.224 e. The third-order valence-electron chi connectivity index (χ3n) is 4.37. The predicted molar refractivity (Wildman–Crippen MR) is 105 cm³/mol. The lowest BCUT2D eigenvalue weighted by Crippen LogP contribution is -2.27. The molecule has 140 valence electrons. The Bertz CT molecular complexity index is 730. The molecule has 4 heteroatoms. The van der Waals surface area contributed by atoms with Crippen molar-refractivity contribution in [1.82, 2.24) is 5.32 Å². The number of carbonyl (C=O) groups excluding carboxylic acids is 1. The second kappa shape index (κ2) is 8.75. The Kier molecular flexibility index (Phi) is 6.67. The summed E-state index contributed by atoms with van der Waals surface area (Å²) in [6, 6.07) is 14.2. The number of rotatable bonds is 7. The van der Waals surface area contributed by atoms with Gasteiger partial charge < -0.3 is 14.8 Å². The molecule has 0 bridgehead atoms. The first kappa shape index (κ1) is 19.8. The van der Waals surface area contributed by atoms with E-state index < -0.39 is 0 Å². The van der Waals surface area contributed by atoms with Gasteiger partial charge in [0.1, 0.15) is 0 Å². The highest BCUT2D eigenvalue weighted by Gasteiger charge is 2.13. The van der Waals surface area contributed by atoms with Gasteiger partial charge in [-0.3, -0.25) is 4.79 Å². The molecule has 0 heterocycles. The number of nitrogens with one attached hydrogen (secondary N) is 1. The molecule has 0 radical (unpaired) electrons. The minimum absolute atomic E-state index is 0.00327. The summed E-state index contributed by atoms with van der Waals surface area (Å²) >= 11 is 0. The summed E-state index contributed by atoms with van der Waals surface area (Å²) in [5, 5.41) is 2.98. The maximum Gasteiger partial charge on any atom is 0.224 e. The topological polar surface area (TPSA) is 47.6 Å². The molecule has 2 rings (SSSR count). The molecule has 0 aliphatic heterocycles. The Hall–Kier alpha value is -2.49. The molecule has 1 N–H and O–H groups in total. The summed E-state index contributed by atoms with van der Waals surface area (Å²) in [5.41, 5.74) is 3.60. The van der Waals surface area contributed by atoms with Gasteiger partial charge in [0, 0.05) is 6.54 Å². The molecule has 2 aromatic carbocycles. The third-order valence-corrected chi connectivity index (χ3v) is 4.37. The second-order valence-electron chi connectivity index (χ2n) is 7.41. The highest BCUT2D eigenvalue weighted by Crippen LogP contribution is 2.27. The van der Waals surface area contributed by atoms with Crippen LogP contribution in [0.4, 0.5) is 0 Å². The van der Waals surface area contributed by atoms with Gasteiger partial charge in [0.15, 0.2) is 11.5 Å². The molecule has 2 aromatic rings. The van der Waals surface area contributed by atoms with Crippen LogP contribution >= 0.6 is 0 Å². The van der Waals surface area contributed by atoms with E-state index in [2.05, 4.69) is 50.4 Å². The molecule has 0 aromatic heterocycles. The van der Waals surface area contributed by atoms with E-state index in [1.54, 1.807) is 14.2 Å². The van der Waals surface area contributed by atoms with E-state index >= 15 is 0 Å². The van der Waals surface area contributed by atoms with Crippen molar-refractivity contribution in [3.05, 3.63) is 59.2 Å². The van der Waals surface area contributed by atoms with Crippen LogP contribution in [0.15, 0.2) is 42.5 Å². The summed E-state index contributed by atoms with van der Waals surface area (Å²) in [4.78, 5) is 12.2. The van der Waals surface area contributed by atoms with Crippen molar-refractivity contribution in [2.24, 2.45) is 0 Å². The van der Waals surface area contributed by atoms with Crippen molar-refractivity contribution in [1.29, 1.82) is 0 Å². The van der Waals surface area contributed by atoms with Crippen molar-refractivity contribution in [3.8, 4) is 11.5 Å². The number of hydrogen-bond donors (Lipinski definition) is 1. The minimum atomic E-state index is 0.00327. The van der Waals surface area contributed by atoms with Crippen LogP contribution in [0.25, 0.3) is 0 Å². The van der Waals surface area contributed by atoms with E-state index in [9.17, 15) is 4.79 Å². The van der Waals surface area contributed by atoms with E-state index in [0.29, 0.717) is 24.5 Å². The lowest BCUT2D eigenvalue weighted by molar-refractivity contribution is -0.120. The third kappa shape index (κ3) is 5.51. The van der Waals surface area contributed by atoms with Gasteiger partial charge in [-0.25, -0.2) is 0 Å². The molecule has 0 fully saturated rings. The van der Waals surface area contributed by atoms with Gasteiger partial charge in [0.2, 0.25) is 5.91 Å². The summed E-state index contributed by atoms with van der Waals surface area (Å²) in [7, 11) is 3.19. The Labute approximate surface area is 156 Å². The first-order valence-electron chi connectivity index (χ1n) is 8.90. The van der Waals surface area contributed by atoms with Gasteiger partial charge in [0.25, 0.3) is 0 Å². The maximum absolute atomic E-state index is 12.2. The van der Waals surface area contributed by atoms with Gasteiger partial charge in [0.05, 0.1) is 20.6 Å². The summed E-state index contributed by atoms with van der Waals surface area (Å²) in [6.07, 6.45) is 1.14. The van der Waals surface area contributed by atoms with Gasteiger partial charge in [-0.1, -0.05) is 51.1 Å². The van der Waals surface area contributed by atoms with Crippen LogP contribution in [-0.2, 0) is 23.1 Å². The van der Waals surface area contributed by atoms with Crippen LogP contribution < -0.4 is 14.8 Å². The molecule has 1 amide bonds. The Morgan fingerprint density at radius 1 is 0.923 bits per heavy atom. The van der Waals surface area contributed by atoms with E-state index in [4.69, 9.17) is 9.47 Å². The summed E-state index contributed by atoms with van der Waals surface area (Å²) in [5.74, 6) is 1.30. The Morgan fingerprint density at radius 2 is 1.54 bits per heavy atom. The van der Waals surface area contributed by atoms with Crippen LogP contribution in [0.1, 0.15) is 37.5 Å². The first-order chi connectivity index (χ1) is 12.3. The van der Waals surface area contributed by atoms with E-state index in [-0.39, 0.29) is 11.3 Å². The maximum atomic E-state index is 12.2. The lowest BCUT2D eigenvalue weighted by atomic mass is 9.86. The number of carbonyl (C=O) groups is 1. The van der Waals surface area contributed by atoms with Crippen LogP contribution in [0.5, 0.6) is 11.5 Å². The standard InChI is InChI=1S/C22H29NO3/c1-22(2,3)18-9-6-16(7-10-18)12-13-23-21(24)15-17-8-11-19(25-4)20(14-17)26-5/h6-11,14H,12-13,15H2,1-5H3,(H,23,24). The molecule has 0 atom stereocenters. The van der Waals surface area contributed by atoms with Crippen molar-refractivity contribution < 1.29 is 14.3 Å². The number of benzene rings is 2. The van der Waals surface area contributed by atoms with Gasteiger partial charge in [-0.15, -0.1) is 0 Å². The SMILES string of the molecule is COc1ccc(CC(=O)NCCc2ccc(C(C)(C)C)cc2)cc1OC. The summed E-state index contributed by atoms with van der Waals surface area (Å²) in [6.45, 7) is 7.24. The number of hydrogen-bond acceptors (Lipinski definition) is 3. The van der Waals surface area contributed by atoms with E-state index in [1.807, 2.05) is 18.2 Å². The van der Waals surface area contributed by atoms with Crippen LogP contribution in [0.2, 0.25) is 0 Å². The molecule has 0 saturated carbocycles. The zero-order chi connectivity index (χ0) is 19.2. The predicted octanol–water partition coefficient (Wildman–Crippen LogP) is 3.90. The Balaban J connectivity index is 1.84. The van der Waals surface area contributed by atoms with Gasteiger partial charge in [-0.2, -0.15) is 0 Å². The first-order valence-corrected chi connectivity index (χ1v) is 8.90. The zero-order valence-corrected chi connectivity index (χ0v) is 16.4. The minimum Gasteiger partial charge on any atom is -0.493 e. The molecule has 0 spiro atoms. The molecule has 0 aliphatic carbocycles. The molecule has 0 unspecified atom stereocenters. The molecular weight excluding hydrogens is 326 g/mol. The largest absolute Gasteiger partial charge is 0.493 e. The van der Waals surface area contributed by atoms with E-state index in [0.717, 1.165) is 12.0 Å². The quantitative estimate of drug-likeness (QED) is 0.819. The van der Waals surface area contributed by atoms with Gasteiger partial charge >= 0.3 is 0 Å². The average Bonchev–Trinajstić information content (AvgIpc) is 2.61. The molecule has 4 nitrogen and oxygen atoms in total. The highest BCUT2D eigenvalue weighted by molar-refractivity contribution is 5.78. The normalized spacial score (nSPS) is 11.1. The Morgan fingerprint density at radius 3 is 2.12 bits per heavy atom. The van der Waals surface area contributed by atoms with E-state index in [1.165, 1.54) is 11.1 Å². The van der Waals surface area contributed by atoms with Crippen LogP contribution in [0, 0.1) is 0 Å². The monoisotopic (exact) mass is 355 g/mol. The van der Waals surface area contributed by atoms with Crippen LogP contribution in [0.3, 0.4) is 0 Å². The number of amides is 1. The van der Waals surface area contributed by atoms with Crippen molar-refractivity contribution in [2.75, 3.05) is 20.8 Å². The molecule has 26 heavy (non-hydrogen) atoms. The second-order valence-corrected chi connectivity index (χ2v) is 7.41. The average molecular weight is 355 g/mol. The zero-order valence-electron chi connectivity index (χ0n) is 16.4. The number of ether oxygens (including phenoxy) is 2.